The van der Waals surface area contributed by atoms with Crippen molar-refractivity contribution >= 4 is 23.5 Å². The summed E-state index contributed by atoms with van der Waals surface area (Å²) in [5, 5.41) is 7.52. The zero-order valence-electron chi connectivity index (χ0n) is 18.2. The van der Waals surface area contributed by atoms with Crippen molar-refractivity contribution in [1.29, 1.82) is 0 Å². The summed E-state index contributed by atoms with van der Waals surface area (Å²) in [6.45, 7) is 5.43. The first kappa shape index (κ1) is 20.8. The van der Waals surface area contributed by atoms with E-state index in [0.717, 1.165) is 53.5 Å². The fourth-order valence-electron chi connectivity index (χ4n) is 3.95. The summed E-state index contributed by atoms with van der Waals surface area (Å²) in [5.41, 5.74) is 4.83. The van der Waals surface area contributed by atoms with Crippen LogP contribution in [-0.4, -0.2) is 43.6 Å². The molecule has 7 nitrogen and oxygen atoms in total. The first-order valence-electron chi connectivity index (χ1n) is 10.6. The predicted molar refractivity (Wildman–Crippen MR) is 122 cm³/mol. The molecule has 4 rings (SSSR count). The number of aryl methyl sites for hydroxylation is 3. The van der Waals surface area contributed by atoms with Crippen molar-refractivity contribution in [1.82, 2.24) is 24.6 Å². The van der Waals surface area contributed by atoms with Gasteiger partial charge in [0.2, 0.25) is 5.91 Å². The average molecular weight is 417 g/mol. The van der Waals surface area contributed by atoms with Crippen LogP contribution in [0.15, 0.2) is 48.8 Å². The Bertz CT molecular complexity index is 1100. The molecule has 4 heterocycles. The smallest absolute Gasteiger partial charge is 0.246 e. The summed E-state index contributed by atoms with van der Waals surface area (Å²) in [6, 6.07) is 10.0. The first-order chi connectivity index (χ1) is 15.0. The maximum Gasteiger partial charge on any atom is 0.246 e. The number of aromatic nitrogens is 4. The minimum atomic E-state index is 0.0310. The molecule has 0 saturated carbocycles. The standard InChI is InChI=1S/C24H28N6O/c1-17-6-4-8-23(27-17)28-21-12-18(2)26-22(13-21)20-7-5-11-30(16-20)24(31)10-9-19-14-25-29(3)15-19/h4,6,8-10,12-15,20H,5,7,11,16H2,1-3H3,(H,26,27,28)/b10-9+/t20-/m1/s1. The molecule has 1 N–H and O–H groups in total. The second-order valence-corrected chi connectivity index (χ2v) is 8.12. The molecule has 1 aliphatic rings. The Balaban J connectivity index is 1.46. The lowest BCUT2D eigenvalue weighted by atomic mass is 9.93. The fraction of sp³-hybridized carbons (Fsp3) is 0.333. The minimum Gasteiger partial charge on any atom is -0.340 e. The number of piperidine rings is 1. The Morgan fingerprint density at radius 1 is 1.19 bits per heavy atom. The van der Waals surface area contributed by atoms with E-state index in [0.29, 0.717) is 6.54 Å². The van der Waals surface area contributed by atoms with Crippen LogP contribution in [0.3, 0.4) is 0 Å². The van der Waals surface area contributed by atoms with Gasteiger partial charge in [-0.2, -0.15) is 5.10 Å². The summed E-state index contributed by atoms with van der Waals surface area (Å²) in [4.78, 5) is 24.0. The van der Waals surface area contributed by atoms with E-state index in [1.807, 2.05) is 62.3 Å². The third kappa shape index (κ3) is 5.36. The molecule has 7 heteroatoms. The van der Waals surface area contributed by atoms with Crippen molar-refractivity contribution in [3.05, 3.63) is 71.4 Å². The molecule has 31 heavy (non-hydrogen) atoms. The number of carbonyl (C=O) groups excluding carboxylic acids is 1. The number of amides is 1. The number of nitrogens with zero attached hydrogens (tertiary/aromatic N) is 5. The van der Waals surface area contributed by atoms with Crippen molar-refractivity contribution in [3.8, 4) is 0 Å². The van der Waals surface area contributed by atoms with Gasteiger partial charge < -0.3 is 10.2 Å². The quantitative estimate of drug-likeness (QED) is 0.637. The lowest BCUT2D eigenvalue weighted by Crippen LogP contribution is -2.38. The first-order valence-corrected chi connectivity index (χ1v) is 10.6. The number of pyridine rings is 2. The molecule has 1 saturated heterocycles. The third-order valence-electron chi connectivity index (χ3n) is 5.43. The van der Waals surface area contributed by atoms with Crippen LogP contribution in [0.1, 0.15) is 41.4 Å². The maximum atomic E-state index is 12.7. The minimum absolute atomic E-state index is 0.0310. The molecule has 160 valence electrons. The van der Waals surface area contributed by atoms with Crippen LogP contribution in [0.4, 0.5) is 11.5 Å². The van der Waals surface area contributed by atoms with Crippen LogP contribution in [0.25, 0.3) is 6.08 Å². The highest BCUT2D eigenvalue weighted by Crippen LogP contribution is 2.29. The van der Waals surface area contributed by atoms with Gasteiger partial charge in [-0.3, -0.25) is 14.5 Å². The molecule has 1 fully saturated rings. The molecule has 0 bridgehead atoms. The van der Waals surface area contributed by atoms with Gasteiger partial charge in [-0.15, -0.1) is 0 Å². The highest BCUT2D eigenvalue weighted by molar-refractivity contribution is 5.91. The summed E-state index contributed by atoms with van der Waals surface area (Å²) in [6.07, 6.45) is 9.08. The lowest BCUT2D eigenvalue weighted by Gasteiger charge is -2.32. The SMILES string of the molecule is Cc1cccc(Nc2cc(C)nc([C@@H]3CCCN(C(=O)/C=C/c4cnn(C)c4)C3)c2)n1. The van der Waals surface area contributed by atoms with Crippen molar-refractivity contribution in [2.75, 3.05) is 18.4 Å². The van der Waals surface area contributed by atoms with E-state index in [2.05, 4.69) is 21.5 Å². The molecular formula is C24H28N6O. The van der Waals surface area contributed by atoms with E-state index in [4.69, 9.17) is 4.98 Å². The lowest BCUT2D eigenvalue weighted by molar-refractivity contribution is -0.127. The van der Waals surface area contributed by atoms with Crippen molar-refractivity contribution < 1.29 is 4.79 Å². The number of anilines is 2. The molecule has 0 aromatic carbocycles. The number of nitrogens with one attached hydrogen (secondary N) is 1. The molecule has 0 radical (unpaired) electrons. The third-order valence-corrected chi connectivity index (χ3v) is 5.43. The van der Waals surface area contributed by atoms with Crippen molar-refractivity contribution in [2.24, 2.45) is 7.05 Å². The molecule has 3 aromatic rings. The van der Waals surface area contributed by atoms with Gasteiger partial charge in [0.1, 0.15) is 5.82 Å². The summed E-state index contributed by atoms with van der Waals surface area (Å²) in [5.74, 6) is 1.07. The molecule has 1 amide bonds. The second kappa shape index (κ2) is 9.12. The Labute approximate surface area is 182 Å². The van der Waals surface area contributed by atoms with Gasteiger partial charge in [0.05, 0.1) is 6.20 Å². The number of rotatable bonds is 5. The highest BCUT2D eigenvalue weighted by Gasteiger charge is 2.25. The van der Waals surface area contributed by atoms with E-state index in [1.54, 1.807) is 17.0 Å². The van der Waals surface area contributed by atoms with Crippen LogP contribution in [0, 0.1) is 13.8 Å². The van der Waals surface area contributed by atoms with Crippen LogP contribution in [-0.2, 0) is 11.8 Å². The molecule has 1 aliphatic heterocycles. The largest absolute Gasteiger partial charge is 0.340 e. The van der Waals surface area contributed by atoms with Crippen LogP contribution in [0.5, 0.6) is 0 Å². The Morgan fingerprint density at radius 3 is 2.84 bits per heavy atom. The monoisotopic (exact) mass is 416 g/mol. The number of hydrogen-bond acceptors (Lipinski definition) is 5. The summed E-state index contributed by atoms with van der Waals surface area (Å²) >= 11 is 0. The van der Waals surface area contributed by atoms with Crippen molar-refractivity contribution in [3.63, 3.8) is 0 Å². The van der Waals surface area contributed by atoms with Gasteiger partial charge in [-0.05, 0) is 57.0 Å². The van der Waals surface area contributed by atoms with E-state index < -0.39 is 0 Å². The molecule has 3 aromatic heterocycles. The Morgan fingerprint density at radius 2 is 2.06 bits per heavy atom. The van der Waals surface area contributed by atoms with Crippen LogP contribution >= 0.6 is 0 Å². The number of carbonyl (C=O) groups is 1. The molecule has 0 aliphatic carbocycles. The average Bonchev–Trinajstić information content (AvgIpc) is 3.17. The van der Waals surface area contributed by atoms with Gasteiger partial charge >= 0.3 is 0 Å². The Kier molecular flexibility index (Phi) is 6.11. The predicted octanol–water partition coefficient (Wildman–Crippen LogP) is 3.99. The number of likely N-dealkylation sites (tertiary alicyclic amines) is 1. The van der Waals surface area contributed by atoms with Gasteiger partial charge in [-0.25, -0.2) is 4.98 Å². The van der Waals surface area contributed by atoms with Crippen LogP contribution < -0.4 is 5.32 Å². The molecular weight excluding hydrogens is 388 g/mol. The normalized spacial score (nSPS) is 16.6. The second-order valence-electron chi connectivity index (χ2n) is 8.12. The Hall–Kier alpha value is -3.48. The van der Waals surface area contributed by atoms with E-state index in [-0.39, 0.29) is 11.8 Å². The van der Waals surface area contributed by atoms with Gasteiger partial charge in [0.15, 0.2) is 0 Å². The van der Waals surface area contributed by atoms with Crippen LogP contribution in [0.2, 0.25) is 0 Å². The highest BCUT2D eigenvalue weighted by atomic mass is 16.2. The number of hydrogen-bond donors (Lipinski definition) is 1. The van der Waals surface area contributed by atoms with E-state index >= 15 is 0 Å². The molecule has 0 unspecified atom stereocenters. The van der Waals surface area contributed by atoms with Crippen molar-refractivity contribution in [2.45, 2.75) is 32.6 Å². The zero-order valence-corrected chi connectivity index (χ0v) is 18.2. The summed E-state index contributed by atoms with van der Waals surface area (Å²) in [7, 11) is 1.86. The van der Waals surface area contributed by atoms with Gasteiger partial charge in [0, 0.05) is 66.7 Å². The zero-order chi connectivity index (χ0) is 21.8. The topological polar surface area (TPSA) is 75.9 Å². The van der Waals surface area contributed by atoms with Gasteiger partial charge in [0.25, 0.3) is 0 Å². The molecule has 0 spiro atoms. The van der Waals surface area contributed by atoms with E-state index in [1.165, 1.54) is 0 Å². The summed E-state index contributed by atoms with van der Waals surface area (Å²) < 4.78 is 1.72. The van der Waals surface area contributed by atoms with Gasteiger partial charge in [-0.1, -0.05) is 6.07 Å². The molecule has 1 atom stereocenters. The van der Waals surface area contributed by atoms with E-state index in [9.17, 15) is 4.79 Å². The fourth-order valence-corrected chi connectivity index (χ4v) is 3.95. The maximum absolute atomic E-state index is 12.7.